The van der Waals surface area contributed by atoms with Gasteiger partial charge in [-0.25, -0.2) is 4.99 Å². The van der Waals surface area contributed by atoms with Gasteiger partial charge in [0.25, 0.3) is 5.91 Å². The summed E-state index contributed by atoms with van der Waals surface area (Å²) >= 11 is 0. The van der Waals surface area contributed by atoms with E-state index in [1.165, 1.54) is 17.5 Å². The molecule has 2 aliphatic carbocycles. The lowest BCUT2D eigenvalue weighted by molar-refractivity contribution is -0.131. The van der Waals surface area contributed by atoms with Crippen LogP contribution in [-0.2, 0) is 22.6 Å². The molecule has 3 unspecified atom stereocenters. The summed E-state index contributed by atoms with van der Waals surface area (Å²) in [7, 11) is 1.69. The quantitative estimate of drug-likeness (QED) is 0.342. The van der Waals surface area contributed by atoms with Crippen molar-refractivity contribution in [3.05, 3.63) is 65.2 Å². The molecule has 6 heteroatoms. The lowest BCUT2D eigenvalue weighted by Gasteiger charge is -2.41. The number of methoxy groups -OCH3 is 1. The Kier molecular flexibility index (Phi) is 8.34. The van der Waals surface area contributed by atoms with Gasteiger partial charge in [-0.2, -0.15) is 0 Å². The highest BCUT2D eigenvalue weighted by molar-refractivity contribution is 6.06. The van der Waals surface area contributed by atoms with Crippen LogP contribution in [0.3, 0.4) is 0 Å². The predicted molar refractivity (Wildman–Crippen MR) is 159 cm³/mol. The first-order valence-corrected chi connectivity index (χ1v) is 15.1. The van der Waals surface area contributed by atoms with Gasteiger partial charge in [0.15, 0.2) is 5.96 Å². The Morgan fingerprint density at radius 3 is 2.27 bits per heavy atom. The van der Waals surface area contributed by atoms with E-state index in [-0.39, 0.29) is 11.8 Å². The van der Waals surface area contributed by atoms with E-state index >= 15 is 0 Å². The fraction of sp³-hybridized carbons (Fsp3) is 0.559. The number of nitrogens with zero attached hydrogens (tertiary/aromatic N) is 2. The highest BCUT2D eigenvalue weighted by Crippen LogP contribution is 2.47. The number of aliphatic imine (C=N–C) groups is 1. The highest BCUT2D eigenvalue weighted by Gasteiger charge is 2.44. The minimum Gasteiger partial charge on any atom is -0.497 e. The second-order valence-electron chi connectivity index (χ2n) is 12.9. The predicted octanol–water partition coefficient (Wildman–Crippen LogP) is 6.27. The van der Waals surface area contributed by atoms with Crippen molar-refractivity contribution in [3.8, 4) is 5.75 Å². The van der Waals surface area contributed by atoms with Crippen LogP contribution < -0.4 is 10.5 Å². The minimum absolute atomic E-state index is 0.0151. The molecule has 6 nitrogen and oxygen atoms in total. The van der Waals surface area contributed by atoms with Gasteiger partial charge in [0.2, 0.25) is 0 Å². The van der Waals surface area contributed by atoms with E-state index in [2.05, 4.69) is 55.2 Å². The van der Waals surface area contributed by atoms with Crippen LogP contribution in [0.5, 0.6) is 5.75 Å². The van der Waals surface area contributed by atoms with Crippen molar-refractivity contribution in [1.29, 1.82) is 0 Å². The number of carbonyl (C=O) groups is 2. The van der Waals surface area contributed by atoms with Crippen molar-refractivity contribution >= 4 is 17.6 Å². The van der Waals surface area contributed by atoms with Crippen LogP contribution in [0.1, 0.15) is 88.3 Å². The first-order chi connectivity index (χ1) is 19.2. The molecule has 1 aliphatic heterocycles. The van der Waals surface area contributed by atoms with Crippen molar-refractivity contribution in [2.45, 2.75) is 90.1 Å². The number of hydrogen-bond acceptors (Lipinski definition) is 5. The van der Waals surface area contributed by atoms with Gasteiger partial charge in [0.05, 0.1) is 13.7 Å². The molecular formula is C34H45N3O3. The molecule has 1 amide bonds. The molecule has 0 bridgehead atoms. The van der Waals surface area contributed by atoms with Crippen molar-refractivity contribution < 1.29 is 14.3 Å². The second kappa shape index (κ2) is 11.8. The van der Waals surface area contributed by atoms with Gasteiger partial charge in [-0.15, -0.1) is 0 Å². The number of Topliss-reactive ketones (excluding diaryl/α,β-unsaturated/α-hetero) is 1. The zero-order chi connectivity index (χ0) is 28.4. The van der Waals surface area contributed by atoms with E-state index in [0.717, 1.165) is 43.4 Å². The van der Waals surface area contributed by atoms with E-state index < -0.39 is 5.54 Å². The normalized spacial score (nSPS) is 27.8. The Bertz CT molecular complexity index is 1240. The molecule has 0 aromatic heterocycles. The highest BCUT2D eigenvalue weighted by atomic mass is 16.5. The standard InChI is InChI=1S/C34H45N3O3/c1-22(2)20-34(3)32(39)37(33(35)36-34)21-24-6-11-25(12-7-24)29-17-14-27(29)19-31(38)30-18-13-26(30)10-5-23-8-15-28(40-4)16-9-23/h6-9,11-12,15-16,22,26-27,29-30H,5,10,13-14,17-21H2,1-4H3,(H2,35,36)/t26?,27-,29?,30-,34?/m1/s1. The maximum atomic E-state index is 13.3. The van der Waals surface area contributed by atoms with Gasteiger partial charge in [-0.1, -0.05) is 50.2 Å². The topological polar surface area (TPSA) is 85.0 Å². The number of amides is 1. The molecule has 0 spiro atoms. The molecule has 2 aromatic rings. The summed E-state index contributed by atoms with van der Waals surface area (Å²) in [4.78, 5) is 32.5. The Labute approximate surface area is 239 Å². The van der Waals surface area contributed by atoms with Gasteiger partial charge in [-0.3, -0.25) is 14.5 Å². The molecule has 5 rings (SSSR count). The van der Waals surface area contributed by atoms with Gasteiger partial charge in [0.1, 0.15) is 17.1 Å². The summed E-state index contributed by atoms with van der Waals surface area (Å²) < 4.78 is 5.26. The average Bonchev–Trinajstić information content (AvgIpc) is 3.09. The SMILES string of the molecule is COc1ccc(CCC2CC[C@H]2C(=O)C[C@H]2CCC2c2ccc(CN3C(=O)C(C)(CC(C)C)N=C3N)cc2)cc1. The number of nitrogens with two attached hydrogens (primary N) is 1. The molecule has 2 aromatic carbocycles. The fourth-order valence-corrected chi connectivity index (χ4v) is 7.03. The third kappa shape index (κ3) is 5.96. The maximum Gasteiger partial charge on any atom is 0.257 e. The monoisotopic (exact) mass is 543 g/mol. The van der Waals surface area contributed by atoms with Crippen LogP contribution >= 0.6 is 0 Å². The van der Waals surface area contributed by atoms with E-state index in [1.807, 2.05) is 19.1 Å². The van der Waals surface area contributed by atoms with Crippen LogP contribution in [-0.4, -0.2) is 35.2 Å². The van der Waals surface area contributed by atoms with Gasteiger partial charge in [0, 0.05) is 12.3 Å². The zero-order valence-corrected chi connectivity index (χ0v) is 24.6. The van der Waals surface area contributed by atoms with Crippen molar-refractivity contribution in [2.75, 3.05) is 7.11 Å². The van der Waals surface area contributed by atoms with E-state index in [1.54, 1.807) is 12.0 Å². The first-order valence-electron chi connectivity index (χ1n) is 15.1. The molecular weight excluding hydrogens is 498 g/mol. The Morgan fingerprint density at radius 2 is 1.70 bits per heavy atom. The lowest BCUT2D eigenvalue weighted by atomic mass is 9.63. The maximum absolute atomic E-state index is 13.3. The summed E-state index contributed by atoms with van der Waals surface area (Å²) in [5.41, 5.74) is 9.07. The molecule has 2 fully saturated rings. The second-order valence-corrected chi connectivity index (χ2v) is 12.9. The van der Waals surface area contributed by atoms with Gasteiger partial charge >= 0.3 is 0 Å². The number of ketones is 1. The Morgan fingerprint density at radius 1 is 1.02 bits per heavy atom. The molecule has 5 atom stereocenters. The third-order valence-electron chi connectivity index (χ3n) is 9.57. The van der Waals surface area contributed by atoms with Crippen LogP contribution in [0.2, 0.25) is 0 Å². The molecule has 2 N–H and O–H groups in total. The number of guanidine groups is 1. The molecule has 2 saturated carbocycles. The average molecular weight is 544 g/mol. The van der Waals surface area contributed by atoms with Crippen LogP contribution in [0.15, 0.2) is 53.5 Å². The Balaban J connectivity index is 1.11. The largest absolute Gasteiger partial charge is 0.497 e. The molecule has 1 heterocycles. The number of aryl methyl sites for hydroxylation is 1. The van der Waals surface area contributed by atoms with E-state index in [4.69, 9.17) is 10.5 Å². The summed E-state index contributed by atoms with van der Waals surface area (Å²) in [6.45, 7) is 6.52. The van der Waals surface area contributed by atoms with Gasteiger partial charge < -0.3 is 10.5 Å². The number of ether oxygens (including phenoxy) is 1. The molecule has 0 saturated heterocycles. The molecule has 40 heavy (non-hydrogen) atoms. The molecule has 0 radical (unpaired) electrons. The van der Waals surface area contributed by atoms with Crippen LogP contribution in [0.25, 0.3) is 0 Å². The smallest absolute Gasteiger partial charge is 0.257 e. The summed E-state index contributed by atoms with van der Waals surface area (Å²) in [5, 5.41) is 0. The lowest BCUT2D eigenvalue weighted by Crippen LogP contribution is -2.43. The number of benzene rings is 2. The number of hydrogen-bond donors (Lipinski definition) is 1. The minimum atomic E-state index is -0.765. The van der Waals surface area contributed by atoms with Crippen molar-refractivity contribution in [3.63, 3.8) is 0 Å². The Hall–Kier alpha value is -3.15. The number of carbonyl (C=O) groups excluding carboxylic acids is 2. The third-order valence-corrected chi connectivity index (χ3v) is 9.57. The first kappa shape index (κ1) is 28.4. The van der Waals surface area contributed by atoms with Crippen molar-refractivity contribution in [2.24, 2.45) is 34.4 Å². The van der Waals surface area contributed by atoms with Crippen molar-refractivity contribution in [1.82, 2.24) is 4.90 Å². The van der Waals surface area contributed by atoms with E-state index in [0.29, 0.717) is 54.8 Å². The van der Waals surface area contributed by atoms with E-state index in [9.17, 15) is 9.59 Å². The molecule has 3 aliphatic rings. The zero-order valence-electron chi connectivity index (χ0n) is 24.6. The van der Waals surface area contributed by atoms with Crippen LogP contribution in [0, 0.1) is 23.7 Å². The van der Waals surface area contributed by atoms with Gasteiger partial charge in [-0.05, 0) is 104 Å². The summed E-state index contributed by atoms with van der Waals surface area (Å²) in [6.07, 6.45) is 8.00. The summed E-state index contributed by atoms with van der Waals surface area (Å²) in [6, 6.07) is 16.9. The van der Waals surface area contributed by atoms with Crippen LogP contribution in [0.4, 0.5) is 0 Å². The number of rotatable bonds is 12. The summed E-state index contributed by atoms with van der Waals surface area (Å²) in [5.74, 6) is 3.69. The molecule has 214 valence electrons. The fourth-order valence-electron chi connectivity index (χ4n) is 7.03.